The molecule has 3 heteroatoms. The van der Waals surface area contributed by atoms with Crippen molar-refractivity contribution < 1.29 is 0 Å². The Hall–Kier alpha value is -1.87. The van der Waals surface area contributed by atoms with Gasteiger partial charge in [0.1, 0.15) is 0 Å². The third-order valence-corrected chi connectivity index (χ3v) is 4.40. The molecule has 1 N–H and O–H groups in total. The fourth-order valence-electron chi connectivity index (χ4n) is 3.12. The predicted molar refractivity (Wildman–Crippen MR) is 89.2 cm³/mol. The van der Waals surface area contributed by atoms with E-state index in [0.717, 1.165) is 36.8 Å². The molecule has 1 aliphatic heterocycles. The summed E-state index contributed by atoms with van der Waals surface area (Å²) >= 11 is 0. The Morgan fingerprint density at radius 1 is 1.48 bits per heavy atom. The van der Waals surface area contributed by atoms with Crippen LogP contribution in [-0.2, 0) is 6.54 Å². The van der Waals surface area contributed by atoms with E-state index in [2.05, 4.69) is 39.8 Å². The summed E-state index contributed by atoms with van der Waals surface area (Å²) < 4.78 is 2.35. The van der Waals surface area contributed by atoms with Crippen LogP contribution in [0.1, 0.15) is 25.5 Å². The summed E-state index contributed by atoms with van der Waals surface area (Å²) in [7, 11) is 0. The fraction of sp³-hybridized carbons (Fsp3) is 0.389. The number of pyridine rings is 1. The molecule has 110 valence electrons. The highest BCUT2D eigenvalue weighted by atomic mass is 15.0. The number of allylic oxidation sites excluding steroid dienone is 3. The van der Waals surface area contributed by atoms with E-state index in [9.17, 15) is 0 Å². The molecule has 0 aromatic carbocycles. The van der Waals surface area contributed by atoms with Gasteiger partial charge in [0.2, 0.25) is 0 Å². The quantitative estimate of drug-likeness (QED) is 0.867. The lowest BCUT2D eigenvalue weighted by molar-refractivity contribution is 0.337. The summed E-state index contributed by atoms with van der Waals surface area (Å²) in [6.45, 7) is 9.27. The minimum atomic E-state index is 0.779. The van der Waals surface area contributed by atoms with Crippen LogP contribution in [0, 0.1) is 5.92 Å². The van der Waals surface area contributed by atoms with Gasteiger partial charge in [0.25, 0.3) is 0 Å². The second-order valence-corrected chi connectivity index (χ2v) is 5.74. The number of aromatic nitrogens is 2. The van der Waals surface area contributed by atoms with Crippen LogP contribution in [0.15, 0.2) is 43.3 Å². The van der Waals surface area contributed by atoms with E-state index in [0.29, 0.717) is 0 Å². The van der Waals surface area contributed by atoms with Crippen LogP contribution in [0.25, 0.3) is 16.5 Å². The first-order chi connectivity index (χ1) is 10.3. The molecule has 1 saturated heterocycles. The SMILES string of the molecule is C=C/C(=C\C)c1cc2ccn(CC3CCNCC3)c2cn1. The third-order valence-electron chi connectivity index (χ3n) is 4.40. The maximum Gasteiger partial charge on any atom is 0.0706 e. The van der Waals surface area contributed by atoms with Gasteiger partial charge in [-0.15, -0.1) is 0 Å². The Kier molecular flexibility index (Phi) is 4.20. The number of hydrogen-bond donors (Lipinski definition) is 1. The van der Waals surface area contributed by atoms with Crippen LogP contribution < -0.4 is 5.32 Å². The lowest BCUT2D eigenvalue weighted by Gasteiger charge is -2.23. The van der Waals surface area contributed by atoms with Gasteiger partial charge in [0.15, 0.2) is 0 Å². The highest BCUT2D eigenvalue weighted by molar-refractivity contribution is 5.84. The van der Waals surface area contributed by atoms with Gasteiger partial charge in [-0.1, -0.05) is 18.7 Å². The van der Waals surface area contributed by atoms with E-state index in [4.69, 9.17) is 0 Å². The Morgan fingerprint density at radius 3 is 3.00 bits per heavy atom. The van der Waals surface area contributed by atoms with Crippen LogP contribution in [-0.4, -0.2) is 22.6 Å². The molecule has 3 heterocycles. The Morgan fingerprint density at radius 2 is 2.29 bits per heavy atom. The zero-order valence-electron chi connectivity index (χ0n) is 12.7. The summed E-state index contributed by atoms with van der Waals surface area (Å²) in [5, 5.41) is 4.69. The molecule has 3 rings (SSSR count). The van der Waals surface area contributed by atoms with E-state index in [1.807, 2.05) is 25.3 Å². The third kappa shape index (κ3) is 2.93. The van der Waals surface area contributed by atoms with Crippen LogP contribution in [0.5, 0.6) is 0 Å². The van der Waals surface area contributed by atoms with Crippen molar-refractivity contribution in [2.24, 2.45) is 5.92 Å². The minimum absolute atomic E-state index is 0.779. The maximum atomic E-state index is 4.60. The van der Waals surface area contributed by atoms with Gasteiger partial charge < -0.3 is 9.88 Å². The van der Waals surface area contributed by atoms with Crippen LogP contribution >= 0.6 is 0 Å². The van der Waals surface area contributed by atoms with Gasteiger partial charge in [-0.05, 0) is 56.5 Å². The molecule has 0 spiro atoms. The lowest BCUT2D eigenvalue weighted by atomic mass is 9.98. The first-order valence-corrected chi connectivity index (χ1v) is 7.76. The molecule has 1 aliphatic rings. The highest BCUT2D eigenvalue weighted by Crippen LogP contribution is 2.23. The number of piperidine rings is 1. The minimum Gasteiger partial charge on any atom is -0.346 e. The van der Waals surface area contributed by atoms with E-state index < -0.39 is 0 Å². The van der Waals surface area contributed by atoms with Crippen molar-refractivity contribution in [3.05, 3.63) is 49.0 Å². The highest BCUT2D eigenvalue weighted by Gasteiger charge is 2.14. The average molecular weight is 281 g/mol. The summed E-state index contributed by atoms with van der Waals surface area (Å²) in [6.07, 6.45) is 10.6. The van der Waals surface area contributed by atoms with Gasteiger partial charge in [0, 0.05) is 18.1 Å². The summed E-state index contributed by atoms with van der Waals surface area (Å²) in [4.78, 5) is 4.60. The van der Waals surface area contributed by atoms with Gasteiger partial charge in [-0.25, -0.2) is 0 Å². The average Bonchev–Trinajstić information content (AvgIpc) is 2.92. The van der Waals surface area contributed by atoms with Crippen molar-refractivity contribution >= 4 is 16.5 Å². The molecular formula is C18H23N3. The van der Waals surface area contributed by atoms with Crippen molar-refractivity contribution in [1.29, 1.82) is 0 Å². The Balaban J connectivity index is 1.87. The smallest absolute Gasteiger partial charge is 0.0706 e. The molecule has 2 aromatic heterocycles. The molecule has 0 saturated carbocycles. The van der Waals surface area contributed by atoms with E-state index in [1.165, 1.54) is 23.7 Å². The first-order valence-electron chi connectivity index (χ1n) is 7.76. The normalized spacial score (nSPS) is 17.3. The second-order valence-electron chi connectivity index (χ2n) is 5.74. The summed E-state index contributed by atoms with van der Waals surface area (Å²) in [5.41, 5.74) is 3.32. The lowest BCUT2D eigenvalue weighted by Crippen LogP contribution is -2.29. The molecule has 0 amide bonds. The zero-order chi connectivity index (χ0) is 14.7. The van der Waals surface area contributed by atoms with E-state index in [1.54, 1.807) is 0 Å². The predicted octanol–water partition coefficient (Wildman–Crippen LogP) is 3.63. The number of nitrogens with one attached hydrogen (secondary N) is 1. The van der Waals surface area contributed by atoms with Crippen molar-refractivity contribution in [2.45, 2.75) is 26.3 Å². The van der Waals surface area contributed by atoms with Crippen LogP contribution in [0.4, 0.5) is 0 Å². The van der Waals surface area contributed by atoms with Gasteiger partial charge in [-0.2, -0.15) is 0 Å². The molecule has 2 aromatic rings. The standard InChI is InChI=1S/C18H23N3/c1-3-15(4-2)17-11-16-7-10-21(18(16)12-20-17)13-14-5-8-19-9-6-14/h3-4,7,10-12,14,19H,1,5-6,8-9,13H2,2H3/b15-4+. The monoisotopic (exact) mass is 281 g/mol. The second kappa shape index (κ2) is 6.27. The number of nitrogens with zero attached hydrogens (tertiary/aromatic N) is 2. The van der Waals surface area contributed by atoms with E-state index in [-0.39, 0.29) is 0 Å². The summed E-state index contributed by atoms with van der Waals surface area (Å²) in [6, 6.07) is 4.35. The Bertz CT molecular complexity index is 660. The number of rotatable bonds is 4. The van der Waals surface area contributed by atoms with Gasteiger partial charge in [-0.3, -0.25) is 4.98 Å². The fourth-order valence-corrected chi connectivity index (χ4v) is 3.12. The molecule has 21 heavy (non-hydrogen) atoms. The molecule has 0 aliphatic carbocycles. The van der Waals surface area contributed by atoms with Gasteiger partial charge >= 0.3 is 0 Å². The van der Waals surface area contributed by atoms with Crippen molar-refractivity contribution in [2.75, 3.05) is 13.1 Å². The molecule has 1 fully saturated rings. The largest absolute Gasteiger partial charge is 0.346 e. The topological polar surface area (TPSA) is 29.9 Å². The number of fused-ring (bicyclic) bond motifs is 1. The maximum absolute atomic E-state index is 4.60. The molecule has 0 radical (unpaired) electrons. The molecular weight excluding hydrogens is 258 g/mol. The van der Waals surface area contributed by atoms with Crippen molar-refractivity contribution in [1.82, 2.24) is 14.9 Å². The first kappa shape index (κ1) is 14.1. The Labute approximate surface area is 126 Å². The molecule has 3 nitrogen and oxygen atoms in total. The van der Waals surface area contributed by atoms with E-state index >= 15 is 0 Å². The summed E-state index contributed by atoms with van der Waals surface area (Å²) in [5.74, 6) is 0.779. The molecule has 0 atom stereocenters. The molecule has 0 unspecified atom stereocenters. The molecule has 0 bridgehead atoms. The van der Waals surface area contributed by atoms with Crippen LogP contribution in [0.3, 0.4) is 0 Å². The zero-order valence-corrected chi connectivity index (χ0v) is 12.7. The van der Waals surface area contributed by atoms with Gasteiger partial charge in [0.05, 0.1) is 17.4 Å². The number of hydrogen-bond acceptors (Lipinski definition) is 2. The van der Waals surface area contributed by atoms with Crippen LogP contribution in [0.2, 0.25) is 0 Å². The van der Waals surface area contributed by atoms with Crippen molar-refractivity contribution in [3.8, 4) is 0 Å². The van der Waals surface area contributed by atoms with Crippen molar-refractivity contribution in [3.63, 3.8) is 0 Å².